The van der Waals surface area contributed by atoms with Crippen molar-refractivity contribution in [1.29, 1.82) is 0 Å². The second-order valence-corrected chi connectivity index (χ2v) is 9.01. The van der Waals surface area contributed by atoms with Gasteiger partial charge < -0.3 is 4.74 Å². The van der Waals surface area contributed by atoms with E-state index in [9.17, 15) is 13.2 Å². The molecule has 5 nitrogen and oxygen atoms in total. The molecule has 2 rings (SSSR count). The van der Waals surface area contributed by atoms with Gasteiger partial charge in [0.1, 0.15) is 0 Å². The summed E-state index contributed by atoms with van der Waals surface area (Å²) in [6, 6.07) is 0.186. The van der Waals surface area contributed by atoms with E-state index in [0.717, 1.165) is 37.4 Å². The summed E-state index contributed by atoms with van der Waals surface area (Å²) in [6.07, 6.45) is 2.16. The molecule has 0 bridgehead atoms. The maximum absolute atomic E-state index is 11.7. The average Bonchev–Trinajstić information content (AvgIpc) is 2.39. The molecular formula is C13H23NO4S2. The number of esters is 1. The first-order chi connectivity index (χ1) is 9.50. The molecule has 2 fully saturated rings. The largest absolute Gasteiger partial charge is 0.469 e. The summed E-state index contributed by atoms with van der Waals surface area (Å²) in [7, 11) is -1.44. The van der Waals surface area contributed by atoms with Crippen LogP contribution in [0.2, 0.25) is 0 Å². The van der Waals surface area contributed by atoms with Gasteiger partial charge in [-0.15, -0.1) is 0 Å². The molecule has 0 saturated carbocycles. The Balaban J connectivity index is 1.92. The van der Waals surface area contributed by atoms with Crippen LogP contribution in [0.3, 0.4) is 0 Å². The van der Waals surface area contributed by atoms with E-state index < -0.39 is 9.84 Å². The van der Waals surface area contributed by atoms with E-state index in [2.05, 4.69) is 4.90 Å². The lowest BCUT2D eigenvalue weighted by Gasteiger charge is -2.37. The molecule has 2 saturated heterocycles. The van der Waals surface area contributed by atoms with E-state index in [0.29, 0.717) is 17.9 Å². The molecule has 0 unspecified atom stereocenters. The van der Waals surface area contributed by atoms with Crippen molar-refractivity contribution in [2.24, 2.45) is 5.92 Å². The number of hydrogen-bond donors (Lipinski definition) is 0. The highest BCUT2D eigenvalue weighted by atomic mass is 32.2. The SMILES string of the molecule is COC(=O)C[C@H]1CSCCN1C[C@H]1CCCS(=O)(=O)C1. The van der Waals surface area contributed by atoms with Gasteiger partial charge in [-0.2, -0.15) is 11.8 Å². The van der Waals surface area contributed by atoms with Gasteiger partial charge >= 0.3 is 5.97 Å². The van der Waals surface area contributed by atoms with Gasteiger partial charge in [-0.1, -0.05) is 0 Å². The molecule has 2 aliphatic heterocycles. The second-order valence-electron chi connectivity index (χ2n) is 5.63. The van der Waals surface area contributed by atoms with Crippen molar-refractivity contribution in [2.45, 2.75) is 25.3 Å². The van der Waals surface area contributed by atoms with Crippen molar-refractivity contribution in [3.05, 3.63) is 0 Å². The van der Waals surface area contributed by atoms with Crippen LogP contribution < -0.4 is 0 Å². The Morgan fingerprint density at radius 2 is 2.25 bits per heavy atom. The Kier molecular flexibility index (Phi) is 5.74. The lowest BCUT2D eigenvalue weighted by molar-refractivity contribution is -0.141. The standard InChI is InChI=1S/C13H23NO4S2/c1-18-13(15)7-12-9-19-5-4-14(12)8-11-3-2-6-20(16,17)10-11/h11-12H,2-10H2,1H3/t11-,12+/m1/s1. The highest BCUT2D eigenvalue weighted by Crippen LogP contribution is 2.24. The van der Waals surface area contributed by atoms with Crippen LogP contribution in [-0.2, 0) is 19.4 Å². The van der Waals surface area contributed by atoms with Gasteiger partial charge in [0.25, 0.3) is 0 Å². The summed E-state index contributed by atoms with van der Waals surface area (Å²) < 4.78 is 28.2. The Labute approximate surface area is 125 Å². The fraction of sp³-hybridized carbons (Fsp3) is 0.923. The number of carbonyl (C=O) groups excluding carboxylic acids is 1. The number of methoxy groups -OCH3 is 1. The minimum atomic E-state index is -2.85. The first-order valence-corrected chi connectivity index (χ1v) is 10.1. The van der Waals surface area contributed by atoms with Crippen LogP contribution in [-0.4, -0.2) is 68.5 Å². The van der Waals surface area contributed by atoms with Crippen molar-refractivity contribution < 1.29 is 17.9 Å². The minimum Gasteiger partial charge on any atom is -0.469 e. The number of ether oxygens (including phenoxy) is 1. The van der Waals surface area contributed by atoms with Crippen molar-refractivity contribution in [3.63, 3.8) is 0 Å². The summed E-state index contributed by atoms with van der Waals surface area (Å²) in [6.45, 7) is 1.73. The molecule has 2 atom stereocenters. The van der Waals surface area contributed by atoms with Crippen molar-refractivity contribution >= 4 is 27.6 Å². The number of sulfone groups is 1. The summed E-state index contributed by atoms with van der Waals surface area (Å²) in [5, 5.41) is 0. The number of thioether (sulfide) groups is 1. The van der Waals surface area contributed by atoms with Crippen LogP contribution in [0.5, 0.6) is 0 Å². The average molecular weight is 321 g/mol. The van der Waals surface area contributed by atoms with Crippen molar-refractivity contribution in [2.75, 3.05) is 43.2 Å². The monoisotopic (exact) mass is 321 g/mol. The summed E-state index contributed by atoms with van der Waals surface area (Å²) in [4.78, 5) is 13.8. The van der Waals surface area contributed by atoms with Gasteiger partial charge in [-0.25, -0.2) is 8.42 Å². The lowest BCUT2D eigenvalue weighted by Crippen LogP contribution is -2.47. The fourth-order valence-electron chi connectivity index (χ4n) is 2.99. The molecular weight excluding hydrogens is 298 g/mol. The van der Waals surface area contributed by atoms with Crippen molar-refractivity contribution in [1.82, 2.24) is 4.90 Å². The van der Waals surface area contributed by atoms with Gasteiger partial charge in [0.15, 0.2) is 9.84 Å². The minimum absolute atomic E-state index is 0.182. The maximum atomic E-state index is 11.7. The second kappa shape index (κ2) is 7.13. The first kappa shape index (κ1) is 16.1. The molecule has 116 valence electrons. The van der Waals surface area contributed by atoms with E-state index in [1.165, 1.54) is 7.11 Å². The van der Waals surface area contributed by atoms with E-state index in [-0.39, 0.29) is 17.9 Å². The molecule has 0 aromatic carbocycles. The topological polar surface area (TPSA) is 63.7 Å². The molecule has 20 heavy (non-hydrogen) atoms. The van der Waals surface area contributed by atoms with E-state index >= 15 is 0 Å². The molecule has 0 aliphatic carbocycles. The van der Waals surface area contributed by atoms with Gasteiger partial charge in [0, 0.05) is 30.6 Å². The van der Waals surface area contributed by atoms with Gasteiger partial charge in [-0.3, -0.25) is 9.69 Å². The number of rotatable bonds is 4. The molecule has 2 heterocycles. The molecule has 0 aromatic rings. The van der Waals surface area contributed by atoms with E-state index in [1.807, 2.05) is 11.8 Å². The van der Waals surface area contributed by atoms with Gasteiger partial charge in [-0.05, 0) is 18.8 Å². The van der Waals surface area contributed by atoms with E-state index in [1.54, 1.807) is 0 Å². The predicted molar refractivity (Wildman–Crippen MR) is 80.7 cm³/mol. The Bertz CT molecular complexity index is 438. The third-order valence-electron chi connectivity index (χ3n) is 4.03. The van der Waals surface area contributed by atoms with Gasteiger partial charge in [0.2, 0.25) is 0 Å². The number of hydrogen-bond acceptors (Lipinski definition) is 6. The zero-order chi connectivity index (χ0) is 14.6. The lowest BCUT2D eigenvalue weighted by atomic mass is 10.0. The quantitative estimate of drug-likeness (QED) is 0.714. The normalized spacial score (nSPS) is 30.9. The highest BCUT2D eigenvalue weighted by Gasteiger charge is 2.31. The summed E-state index contributed by atoms with van der Waals surface area (Å²) in [5.74, 6) is 2.66. The molecule has 0 amide bonds. The van der Waals surface area contributed by atoms with Crippen LogP contribution in [0.25, 0.3) is 0 Å². The van der Waals surface area contributed by atoms with Crippen molar-refractivity contribution in [3.8, 4) is 0 Å². The molecule has 2 aliphatic rings. The molecule has 7 heteroatoms. The summed E-state index contributed by atoms with van der Waals surface area (Å²) in [5.41, 5.74) is 0. The van der Waals surface area contributed by atoms with Crippen LogP contribution in [0.15, 0.2) is 0 Å². The van der Waals surface area contributed by atoms with Crippen LogP contribution >= 0.6 is 11.8 Å². The third kappa shape index (κ3) is 4.63. The predicted octanol–water partition coefficient (Wildman–Crippen LogP) is 0.792. The zero-order valence-corrected chi connectivity index (χ0v) is 13.5. The smallest absolute Gasteiger partial charge is 0.307 e. The number of carbonyl (C=O) groups is 1. The number of nitrogens with zero attached hydrogens (tertiary/aromatic N) is 1. The Hall–Kier alpha value is -0.270. The first-order valence-electron chi connectivity index (χ1n) is 7.09. The fourth-order valence-corrected chi connectivity index (χ4v) is 5.88. The Morgan fingerprint density at radius 1 is 1.45 bits per heavy atom. The third-order valence-corrected chi connectivity index (χ3v) is 7.01. The molecule has 0 spiro atoms. The molecule has 0 radical (unpaired) electrons. The van der Waals surface area contributed by atoms with Crippen LogP contribution in [0.1, 0.15) is 19.3 Å². The maximum Gasteiger partial charge on any atom is 0.307 e. The van der Waals surface area contributed by atoms with E-state index in [4.69, 9.17) is 4.74 Å². The van der Waals surface area contributed by atoms with Crippen LogP contribution in [0, 0.1) is 5.92 Å². The molecule has 0 aromatic heterocycles. The Morgan fingerprint density at radius 3 is 2.95 bits per heavy atom. The molecule has 0 N–H and O–H groups in total. The summed E-state index contributed by atoms with van der Waals surface area (Å²) >= 11 is 1.85. The zero-order valence-electron chi connectivity index (χ0n) is 11.9. The highest BCUT2D eigenvalue weighted by molar-refractivity contribution is 7.99. The van der Waals surface area contributed by atoms with Gasteiger partial charge in [0.05, 0.1) is 25.0 Å². The van der Waals surface area contributed by atoms with Crippen LogP contribution in [0.4, 0.5) is 0 Å².